The Labute approximate surface area is 167 Å². The van der Waals surface area contributed by atoms with Gasteiger partial charge in [0.1, 0.15) is 0 Å². The van der Waals surface area contributed by atoms with Crippen LogP contribution in [0.25, 0.3) is 0 Å². The summed E-state index contributed by atoms with van der Waals surface area (Å²) in [6, 6.07) is 16.5. The first-order chi connectivity index (χ1) is 13.0. The number of carbonyl (C=O) groups excluding carboxylic acids is 2. The lowest BCUT2D eigenvalue weighted by Crippen LogP contribution is -2.13. The van der Waals surface area contributed by atoms with Crippen molar-refractivity contribution < 1.29 is 9.59 Å². The topological polar surface area (TPSA) is 58.2 Å². The largest absolute Gasteiger partial charge is 0.326 e. The summed E-state index contributed by atoms with van der Waals surface area (Å²) in [5.74, 6) is -0.252. The molecule has 0 aliphatic rings. The van der Waals surface area contributed by atoms with Gasteiger partial charge in [0.15, 0.2) is 0 Å². The summed E-state index contributed by atoms with van der Waals surface area (Å²) in [5, 5.41) is 8.26. The lowest BCUT2D eigenvalue weighted by molar-refractivity contribution is -0.116. The number of anilines is 2. The zero-order chi connectivity index (χ0) is 19.2. The van der Waals surface area contributed by atoms with E-state index in [1.165, 1.54) is 11.3 Å². The van der Waals surface area contributed by atoms with Crippen LogP contribution in [-0.4, -0.2) is 11.8 Å². The first kappa shape index (κ1) is 19.1. The number of hydrogen-bond donors (Lipinski definition) is 2. The van der Waals surface area contributed by atoms with Crippen molar-refractivity contribution in [1.82, 2.24) is 0 Å². The summed E-state index contributed by atoms with van der Waals surface area (Å²) in [6.45, 7) is 1.95. The van der Waals surface area contributed by atoms with E-state index in [2.05, 4.69) is 10.6 Å². The number of amides is 2. The Morgan fingerprint density at radius 3 is 2.48 bits per heavy atom. The molecule has 0 fully saturated rings. The molecular weight excluding hydrogens is 380 g/mol. The predicted octanol–water partition coefficient (Wildman–Crippen LogP) is 5.53. The normalized spacial score (nSPS) is 10.4. The van der Waals surface area contributed by atoms with Crippen molar-refractivity contribution in [3.05, 3.63) is 81.0 Å². The van der Waals surface area contributed by atoms with Crippen LogP contribution in [0.5, 0.6) is 0 Å². The van der Waals surface area contributed by atoms with Crippen LogP contribution in [0.3, 0.4) is 0 Å². The Balaban J connectivity index is 1.56. The highest BCUT2D eigenvalue weighted by Gasteiger charge is 2.08. The van der Waals surface area contributed by atoms with Crippen molar-refractivity contribution in [1.29, 1.82) is 0 Å². The minimum atomic E-state index is -0.162. The van der Waals surface area contributed by atoms with Gasteiger partial charge in [-0.05, 0) is 60.2 Å². The van der Waals surface area contributed by atoms with Crippen LogP contribution in [0.15, 0.2) is 60.0 Å². The van der Waals surface area contributed by atoms with Crippen molar-refractivity contribution >= 4 is 46.1 Å². The predicted molar refractivity (Wildman–Crippen MR) is 112 cm³/mol. The number of halogens is 1. The summed E-state index contributed by atoms with van der Waals surface area (Å²) in [5.41, 5.74) is 3.33. The van der Waals surface area contributed by atoms with Crippen LogP contribution in [0, 0.1) is 6.92 Å². The molecule has 0 saturated heterocycles. The van der Waals surface area contributed by atoms with Crippen molar-refractivity contribution in [3.63, 3.8) is 0 Å². The minimum absolute atomic E-state index is 0.0894. The molecule has 4 nitrogen and oxygen atoms in total. The maximum Gasteiger partial charge on any atom is 0.265 e. The number of benzene rings is 2. The fraction of sp³-hybridized carbons (Fsp3) is 0.143. The molecular formula is C21H19ClN2O2S. The number of rotatable bonds is 6. The van der Waals surface area contributed by atoms with Crippen molar-refractivity contribution in [2.24, 2.45) is 0 Å². The van der Waals surface area contributed by atoms with Gasteiger partial charge in [-0.2, -0.15) is 0 Å². The summed E-state index contributed by atoms with van der Waals surface area (Å²) in [7, 11) is 0. The lowest BCUT2D eigenvalue weighted by Gasteiger charge is -2.09. The number of thiophene rings is 1. The summed E-state index contributed by atoms with van der Waals surface area (Å²) >= 11 is 7.50. The number of hydrogen-bond acceptors (Lipinski definition) is 3. The molecule has 27 heavy (non-hydrogen) atoms. The maximum atomic E-state index is 12.2. The SMILES string of the molecule is Cc1ccc(CCC(=O)Nc2cccc(NC(=O)c3cccs3)c2)cc1Cl. The molecule has 1 aromatic heterocycles. The van der Waals surface area contributed by atoms with E-state index in [0.717, 1.165) is 11.1 Å². The third-order valence-electron chi connectivity index (χ3n) is 4.03. The molecule has 2 N–H and O–H groups in total. The zero-order valence-corrected chi connectivity index (χ0v) is 16.4. The number of carbonyl (C=O) groups is 2. The van der Waals surface area contributed by atoms with Gasteiger partial charge >= 0.3 is 0 Å². The second kappa shape index (κ2) is 8.84. The zero-order valence-electron chi connectivity index (χ0n) is 14.8. The quantitative estimate of drug-likeness (QED) is 0.573. The highest BCUT2D eigenvalue weighted by Crippen LogP contribution is 2.19. The van der Waals surface area contributed by atoms with E-state index >= 15 is 0 Å². The molecule has 0 unspecified atom stereocenters. The first-order valence-electron chi connectivity index (χ1n) is 8.51. The van der Waals surface area contributed by atoms with E-state index in [4.69, 9.17) is 11.6 Å². The Morgan fingerprint density at radius 1 is 1.00 bits per heavy atom. The third-order valence-corrected chi connectivity index (χ3v) is 5.30. The second-order valence-electron chi connectivity index (χ2n) is 6.14. The molecule has 0 spiro atoms. The second-order valence-corrected chi connectivity index (χ2v) is 7.50. The highest BCUT2D eigenvalue weighted by molar-refractivity contribution is 7.12. The van der Waals surface area contributed by atoms with Crippen LogP contribution in [0.2, 0.25) is 5.02 Å². The van der Waals surface area contributed by atoms with Crippen LogP contribution in [-0.2, 0) is 11.2 Å². The molecule has 0 aliphatic heterocycles. The third kappa shape index (κ3) is 5.42. The number of nitrogens with one attached hydrogen (secondary N) is 2. The molecule has 2 aromatic carbocycles. The van der Waals surface area contributed by atoms with E-state index in [1.807, 2.05) is 36.6 Å². The van der Waals surface area contributed by atoms with Gasteiger partial charge in [-0.25, -0.2) is 0 Å². The van der Waals surface area contributed by atoms with Gasteiger partial charge < -0.3 is 10.6 Å². The molecule has 6 heteroatoms. The van der Waals surface area contributed by atoms with E-state index < -0.39 is 0 Å². The summed E-state index contributed by atoms with van der Waals surface area (Å²) in [4.78, 5) is 25.0. The summed E-state index contributed by atoms with van der Waals surface area (Å²) in [6.07, 6.45) is 0.964. The van der Waals surface area contributed by atoms with Gasteiger partial charge in [0.25, 0.3) is 5.91 Å². The van der Waals surface area contributed by atoms with Crippen molar-refractivity contribution in [2.45, 2.75) is 19.8 Å². The van der Waals surface area contributed by atoms with Gasteiger partial charge in [0.05, 0.1) is 4.88 Å². The molecule has 0 radical (unpaired) electrons. The first-order valence-corrected chi connectivity index (χ1v) is 9.77. The Morgan fingerprint density at radius 2 is 1.78 bits per heavy atom. The molecule has 3 aromatic rings. The van der Waals surface area contributed by atoms with E-state index in [1.54, 1.807) is 30.3 Å². The molecule has 0 atom stereocenters. The van der Waals surface area contributed by atoms with Gasteiger partial charge in [0, 0.05) is 22.8 Å². The standard InChI is InChI=1S/C21H19ClN2O2S/c1-14-7-8-15(12-18(14)22)9-10-20(25)23-16-4-2-5-17(13-16)24-21(26)19-6-3-11-27-19/h2-8,11-13H,9-10H2,1H3,(H,23,25)(H,24,26). The Bertz CT molecular complexity index is 955. The van der Waals surface area contributed by atoms with Crippen LogP contribution in [0.1, 0.15) is 27.2 Å². The van der Waals surface area contributed by atoms with Crippen LogP contribution >= 0.6 is 22.9 Å². The molecule has 0 saturated carbocycles. The smallest absolute Gasteiger partial charge is 0.265 e. The van der Waals surface area contributed by atoms with E-state index in [9.17, 15) is 9.59 Å². The maximum absolute atomic E-state index is 12.2. The van der Waals surface area contributed by atoms with Gasteiger partial charge in [-0.1, -0.05) is 35.9 Å². The van der Waals surface area contributed by atoms with Crippen molar-refractivity contribution in [2.75, 3.05) is 10.6 Å². The molecule has 138 valence electrons. The summed E-state index contributed by atoms with van der Waals surface area (Å²) < 4.78 is 0. The average molecular weight is 399 g/mol. The minimum Gasteiger partial charge on any atom is -0.326 e. The molecule has 1 heterocycles. The monoisotopic (exact) mass is 398 g/mol. The Hall–Kier alpha value is -2.63. The highest BCUT2D eigenvalue weighted by atomic mass is 35.5. The molecule has 2 amide bonds. The fourth-order valence-electron chi connectivity index (χ4n) is 2.55. The van der Waals surface area contributed by atoms with Gasteiger partial charge in [0.2, 0.25) is 5.91 Å². The Kier molecular flexibility index (Phi) is 6.27. The number of aryl methyl sites for hydroxylation is 2. The van der Waals surface area contributed by atoms with Crippen LogP contribution < -0.4 is 10.6 Å². The van der Waals surface area contributed by atoms with Gasteiger partial charge in [-0.3, -0.25) is 9.59 Å². The van der Waals surface area contributed by atoms with Crippen molar-refractivity contribution in [3.8, 4) is 0 Å². The van der Waals surface area contributed by atoms with E-state index in [0.29, 0.717) is 34.1 Å². The molecule has 3 rings (SSSR count). The molecule has 0 aliphatic carbocycles. The van der Waals surface area contributed by atoms with Gasteiger partial charge in [-0.15, -0.1) is 11.3 Å². The lowest BCUT2D eigenvalue weighted by atomic mass is 10.1. The van der Waals surface area contributed by atoms with E-state index in [-0.39, 0.29) is 11.8 Å². The fourth-order valence-corrected chi connectivity index (χ4v) is 3.37. The van der Waals surface area contributed by atoms with Crippen LogP contribution in [0.4, 0.5) is 11.4 Å². The molecule has 0 bridgehead atoms. The average Bonchev–Trinajstić information content (AvgIpc) is 3.18.